The summed E-state index contributed by atoms with van der Waals surface area (Å²) in [5.74, 6) is -0.888. The summed E-state index contributed by atoms with van der Waals surface area (Å²) in [5, 5.41) is 0. The second-order valence-electron chi connectivity index (χ2n) is 21.6. The Labute approximate surface area is 488 Å². The van der Waals surface area contributed by atoms with Crippen LogP contribution in [-0.2, 0) is 28.6 Å². The number of carbonyl (C=O) groups excluding carboxylic acids is 3. The molecule has 0 radical (unpaired) electrons. The minimum absolute atomic E-state index is 0.0816. The van der Waals surface area contributed by atoms with E-state index in [4.69, 9.17) is 14.2 Å². The highest BCUT2D eigenvalue weighted by atomic mass is 16.6. The van der Waals surface area contributed by atoms with E-state index >= 15 is 0 Å². The lowest BCUT2D eigenvalue weighted by molar-refractivity contribution is -0.167. The van der Waals surface area contributed by atoms with Gasteiger partial charge >= 0.3 is 17.9 Å². The first-order chi connectivity index (χ1) is 39.0. The molecule has 1 unspecified atom stereocenters. The van der Waals surface area contributed by atoms with Crippen molar-refractivity contribution in [2.75, 3.05) is 13.2 Å². The molecule has 0 N–H and O–H groups in total. The van der Waals surface area contributed by atoms with Crippen molar-refractivity contribution in [3.8, 4) is 0 Å². The molecule has 0 spiro atoms. The third-order valence-electron chi connectivity index (χ3n) is 14.0. The van der Waals surface area contributed by atoms with Gasteiger partial charge in [-0.3, -0.25) is 14.4 Å². The molecule has 450 valence electrons. The van der Waals surface area contributed by atoms with Crippen LogP contribution in [0.25, 0.3) is 0 Å². The molecule has 0 saturated heterocycles. The zero-order valence-corrected chi connectivity index (χ0v) is 51.6. The molecule has 0 aliphatic heterocycles. The van der Waals surface area contributed by atoms with Gasteiger partial charge in [-0.15, -0.1) is 0 Å². The Morgan fingerprint density at radius 3 is 0.772 bits per heavy atom. The van der Waals surface area contributed by atoms with Gasteiger partial charge < -0.3 is 14.2 Å². The van der Waals surface area contributed by atoms with Crippen LogP contribution in [-0.4, -0.2) is 37.2 Å². The van der Waals surface area contributed by atoms with Crippen molar-refractivity contribution in [2.24, 2.45) is 0 Å². The maximum Gasteiger partial charge on any atom is 0.306 e. The van der Waals surface area contributed by atoms with E-state index in [1.165, 1.54) is 135 Å². The van der Waals surface area contributed by atoms with Crippen LogP contribution in [0.4, 0.5) is 0 Å². The Balaban J connectivity index is 4.30. The highest BCUT2D eigenvalue weighted by molar-refractivity contribution is 5.71. The van der Waals surface area contributed by atoms with Gasteiger partial charge in [0.05, 0.1) is 0 Å². The Morgan fingerprint density at radius 1 is 0.266 bits per heavy atom. The number of rotatable bonds is 59. The number of carbonyl (C=O) groups is 3. The lowest BCUT2D eigenvalue weighted by Crippen LogP contribution is -2.30. The molecule has 0 fully saturated rings. The number of hydrogen-bond donors (Lipinski definition) is 0. The summed E-state index contributed by atoms with van der Waals surface area (Å²) < 4.78 is 16.9. The zero-order chi connectivity index (χ0) is 57.1. The molecule has 0 heterocycles. The van der Waals surface area contributed by atoms with Crippen molar-refractivity contribution in [1.82, 2.24) is 0 Å². The summed E-state index contributed by atoms with van der Waals surface area (Å²) >= 11 is 0. The molecule has 1 atom stereocenters. The number of allylic oxidation sites excluding steroid dienone is 20. The van der Waals surface area contributed by atoms with Crippen LogP contribution < -0.4 is 0 Å². The molecule has 0 bridgehead atoms. The SMILES string of the molecule is CC/C=C\C/C=C\C/C=C\C/C=C\C/C=C\C/C=C\CCCCCCCCCCC(=O)OCC(COC(=O)CCCCCCCCCCCCC)OC(=O)CCCCCCCCCCCC/C=C\C/C=C\C/C=C\C/C=C\CC. The molecule has 79 heavy (non-hydrogen) atoms. The van der Waals surface area contributed by atoms with Crippen molar-refractivity contribution in [2.45, 2.75) is 309 Å². The smallest absolute Gasteiger partial charge is 0.306 e. The van der Waals surface area contributed by atoms with Crippen LogP contribution in [0.15, 0.2) is 122 Å². The number of unbranched alkanes of at least 4 members (excludes halogenated alkanes) is 28. The summed E-state index contributed by atoms with van der Waals surface area (Å²) in [6, 6.07) is 0. The van der Waals surface area contributed by atoms with E-state index in [1.54, 1.807) is 0 Å². The highest BCUT2D eigenvalue weighted by Crippen LogP contribution is 2.16. The van der Waals surface area contributed by atoms with Crippen molar-refractivity contribution >= 4 is 17.9 Å². The van der Waals surface area contributed by atoms with Crippen LogP contribution in [0.3, 0.4) is 0 Å². The minimum Gasteiger partial charge on any atom is -0.462 e. The van der Waals surface area contributed by atoms with E-state index in [2.05, 4.69) is 142 Å². The molecule has 0 rings (SSSR count). The first-order valence-electron chi connectivity index (χ1n) is 33.0. The fourth-order valence-corrected chi connectivity index (χ4v) is 9.09. The van der Waals surface area contributed by atoms with Gasteiger partial charge in [0, 0.05) is 19.3 Å². The fraction of sp³-hybridized carbons (Fsp3) is 0.685. The average molecular weight is 1100 g/mol. The van der Waals surface area contributed by atoms with Crippen molar-refractivity contribution in [1.29, 1.82) is 0 Å². The van der Waals surface area contributed by atoms with E-state index in [0.29, 0.717) is 19.3 Å². The molecule has 0 aliphatic rings. The van der Waals surface area contributed by atoms with Crippen LogP contribution >= 0.6 is 0 Å². The van der Waals surface area contributed by atoms with Gasteiger partial charge in [-0.1, -0.05) is 296 Å². The molecule has 0 aromatic heterocycles. The Kier molecular flexibility index (Phi) is 62.8. The van der Waals surface area contributed by atoms with Crippen molar-refractivity contribution in [3.05, 3.63) is 122 Å². The van der Waals surface area contributed by atoms with Gasteiger partial charge in [-0.25, -0.2) is 0 Å². The first-order valence-corrected chi connectivity index (χ1v) is 33.0. The maximum atomic E-state index is 12.9. The predicted octanol–water partition coefficient (Wildman–Crippen LogP) is 22.8. The van der Waals surface area contributed by atoms with Crippen molar-refractivity contribution in [3.63, 3.8) is 0 Å². The Bertz CT molecular complexity index is 1640. The van der Waals surface area contributed by atoms with Gasteiger partial charge in [-0.05, 0) is 109 Å². The van der Waals surface area contributed by atoms with E-state index < -0.39 is 6.10 Å². The lowest BCUT2D eigenvalue weighted by atomic mass is 10.0. The number of hydrogen-bond acceptors (Lipinski definition) is 6. The molecule has 0 aromatic rings. The van der Waals surface area contributed by atoms with Gasteiger partial charge in [0.15, 0.2) is 6.10 Å². The standard InChI is InChI=1S/C73H122O6/c1-4-7-10-13-16-19-22-24-26-28-30-32-34-35-36-37-39-40-42-44-46-48-51-54-57-60-63-66-72(75)78-69-70(68-77-71(74)65-62-59-56-53-50-21-18-15-12-9-6-3)79-73(76)67-64-61-58-55-52-49-47-45-43-41-38-33-31-29-27-25-23-20-17-14-11-8-5-2/h7-8,10-11,16-17,19-20,24-27,30-33,35-36,39-40,70H,4-6,9,12-15,18,21-23,28-29,34,37-38,41-69H2,1-3H3/b10-7-,11-8-,19-16-,20-17-,26-24-,27-25-,32-30-,33-31-,36-35-,40-39-. The quantitative estimate of drug-likeness (QED) is 0.0261. The topological polar surface area (TPSA) is 78.9 Å². The summed E-state index contributed by atoms with van der Waals surface area (Å²) in [4.78, 5) is 38.3. The summed E-state index contributed by atoms with van der Waals surface area (Å²) in [6.07, 6.45) is 92.1. The van der Waals surface area contributed by atoms with Crippen molar-refractivity contribution < 1.29 is 28.6 Å². The van der Waals surface area contributed by atoms with Gasteiger partial charge in [0.25, 0.3) is 0 Å². The predicted molar refractivity (Wildman–Crippen MR) is 343 cm³/mol. The second-order valence-corrected chi connectivity index (χ2v) is 21.6. The Hall–Kier alpha value is -4.19. The molecule has 6 nitrogen and oxygen atoms in total. The number of ether oxygens (including phenoxy) is 3. The summed E-state index contributed by atoms with van der Waals surface area (Å²) in [7, 11) is 0. The molecular weight excluding hydrogens is 973 g/mol. The third kappa shape index (κ3) is 64.5. The van der Waals surface area contributed by atoms with E-state index in [9.17, 15) is 14.4 Å². The van der Waals surface area contributed by atoms with Crippen LogP contribution in [0.1, 0.15) is 303 Å². The molecule has 0 saturated carbocycles. The summed E-state index contributed by atoms with van der Waals surface area (Å²) in [5.41, 5.74) is 0. The highest BCUT2D eigenvalue weighted by Gasteiger charge is 2.19. The minimum atomic E-state index is -0.786. The summed E-state index contributed by atoms with van der Waals surface area (Å²) in [6.45, 7) is 6.42. The van der Waals surface area contributed by atoms with E-state index in [0.717, 1.165) is 128 Å². The third-order valence-corrected chi connectivity index (χ3v) is 14.0. The van der Waals surface area contributed by atoms with Crippen LogP contribution in [0.2, 0.25) is 0 Å². The molecule has 6 heteroatoms. The lowest BCUT2D eigenvalue weighted by Gasteiger charge is -2.18. The average Bonchev–Trinajstić information content (AvgIpc) is 3.45. The Morgan fingerprint density at radius 2 is 0.494 bits per heavy atom. The van der Waals surface area contributed by atoms with Gasteiger partial charge in [0.2, 0.25) is 0 Å². The van der Waals surface area contributed by atoms with Gasteiger partial charge in [0.1, 0.15) is 13.2 Å². The number of esters is 3. The monoisotopic (exact) mass is 1090 g/mol. The first kappa shape index (κ1) is 74.8. The molecule has 0 aliphatic carbocycles. The zero-order valence-electron chi connectivity index (χ0n) is 51.6. The van der Waals surface area contributed by atoms with Crippen LogP contribution in [0, 0.1) is 0 Å². The van der Waals surface area contributed by atoms with Crippen LogP contribution in [0.5, 0.6) is 0 Å². The molecule has 0 aromatic carbocycles. The molecular formula is C73H122O6. The largest absolute Gasteiger partial charge is 0.462 e. The fourth-order valence-electron chi connectivity index (χ4n) is 9.09. The maximum absolute atomic E-state index is 12.9. The second kappa shape index (κ2) is 66.3. The molecule has 0 amide bonds. The van der Waals surface area contributed by atoms with E-state index in [1.807, 2.05) is 0 Å². The van der Waals surface area contributed by atoms with Gasteiger partial charge in [-0.2, -0.15) is 0 Å². The van der Waals surface area contributed by atoms with E-state index in [-0.39, 0.29) is 31.1 Å². The normalized spacial score (nSPS) is 12.9.